The van der Waals surface area contributed by atoms with Crippen LogP contribution in [-0.4, -0.2) is 26.8 Å². The number of amides is 1. The van der Waals surface area contributed by atoms with Gasteiger partial charge in [-0.3, -0.25) is 9.48 Å². The van der Waals surface area contributed by atoms with Crippen molar-refractivity contribution in [3.63, 3.8) is 0 Å². The van der Waals surface area contributed by atoms with Gasteiger partial charge in [-0.25, -0.2) is 0 Å². The predicted octanol–water partition coefficient (Wildman–Crippen LogP) is 3.87. The Hall–Kier alpha value is -2.04. The van der Waals surface area contributed by atoms with Crippen molar-refractivity contribution in [2.24, 2.45) is 5.92 Å². The van der Waals surface area contributed by atoms with Crippen molar-refractivity contribution in [2.45, 2.75) is 65.5 Å². The number of hydrogen-bond acceptors (Lipinski definition) is 2. The van der Waals surface area contributed by atoms with Gasteiger partial charge in [0, 0.05) is 42.9 Å². The molecular weight excluding hydrogens is 312 g/mol. The van der Waals surface area contributed by atoms with Crippen molar-refractivity contribution >= 4 is 5.91 Å². The minimum atomic E-state index is 0.0440. The van der Waals surface area contributed by atoms with E-state index in [0.29, 0.717) is 18.5 Å². The normalized spacial score (nSPS) is 16.8. The zero-order valence-electron chi connectivity index (χ0n) is 15.7. The van der Waals surface area contributed by atoms with E-state index in [-0.39, 0.29) is 5.91 Å². The van der Waals surface area contributed by atoms with Gasteiger partial charge in [0.05, 0.1) is 5.56 Å². The van der Waals surface area contributed by atoms with E-state index < -0.39 is 0 Å². The molecule has 1 amide bonds. The summed E-state index contributed by atoms with van der Waals surface area (Å²) in [6, 6.07) is 4.54. The topological polar surface area (TPSA) is 51.9 Å². The molecule has 0 bridgehead atoms. The number of aryl methyl sites for hydroxylation is 1. The molecule has 2 heterocycles. The molecule has 2 aromatic rings. The first kappa shape index (κ1) is 17.8. The van der Waals surface area contributed by atoms with Gasteiger partial charge < -0.3 is 9.88 Å². The lowest BCUT2D eigenvalue weighted by atomic mass is 9.95. The number of aromatic nitrogens is 3. The summed E-state index contributed by atoms with van der Waals surface area (Å²) in [5.41, 5.74) is 3.15. The minimum absolute atomic E-state index is 0.0440. The van der Waals surface area contributed by atoms with Gasteiger partial charge in [0.2, 0.25) is 0 Å². The van der Waals surface area contributed by atoms with E-state index >= 15 is 0 Å². The summed E-state index contributed by atoms with van der Waals surface area (Å²) >= 11 is 0. The molecule has 1 saturated carbocycles. The van der Waals surface area contributed by atoms with Crippen LogP contribution < -0.4 is 5.32 Å². The van der Waals surface area contributed by atoms with E-state index in [2.05, 4.69) is 41.8 Å². The van der Waals surface area contributed by atoms with E-state index in [0.717, 1.165) is 17.8 Å². The lowest BCUT2D eigenvalue weighted by molar-refractivity contribution is 0.0945. The van der Waals surface area contributed by atoms with Crippen LogP contribution in [0.5, 0.6) is 0 Å². The van der Waals surface area contributed by atoms with Gasteiger partial charge in [-0.15, -0.1) is 0 Å². The van der Waals surface area contributed by atoms with Crippen molar-refractivity contribution in [3.05, 3.63) is 41.5 Å². The Morgan fingerprint density at radius 3 is 2.76 bits per heavy atom. The minimum Gasteiger partial charge on any atom is -0.352 e. The van der Waals surface area contributed by atoms with Crippen LogP contribution >= 0.6 is 0 Å². The summed E-state index contributed by atoms with van der Waals surface area (Å²) in [7, 11) is 0. The lowest BCUT2D eigenvalue weighted by Crippen LogP contribution is -2.30. The Bertz CT molecular complexity index is 696. The van der Waals surface area contributed by atoms with E-state index in [1.165, 1.54) is 37.8 Å². The number of rotatable bonds is 6. The van der Waals surface area contributed by atoms with Gasteiger partial charge in [0.15, 0.2) is 0 Å². The van der Waals surface area contributed by atoms with E-state index in [1.807, 2.05) is 16.9 Å². The molecule has 0 aromatic carbocycles. The Labute approximate surface area is 150 Å². The molecule has 5 nitrogen and oxygen atoms in total. The van der Waals surface area contributed by atoms with Crippen LogP contribution in [0.1, 0.15) is 66.8 Å². The molecule has 1 N–H and O–H groups in total. The molecule has 0 saturated heterocycles. The summed E-state index contributed by atoms with van der Waals surface area (Å²) in [6.07, 6.45) is 10.2. The number of carbonyl (C=O) groups is 1. The Morgan fingerprint density at radius 1 is 1.32 bits per heavy atom. The lowest BCUT2D eigenvalue weighted by Gasteiger charge is -2.26. The van der Waals surface area contributed by atoms with Crippen LogP contribution in [0, 0.1) is 19.8 Å². The van der Waals surface area contributed by atoms with E-state index in [9.17, 15) is 4.79 Å². The van der Waals surface area contributed by atoms with Crippen LogP contribution in [0.3, 0.4) is 0 Å². The highest BCUT2D eigenvalue weighted by molar-refractivity contribution is 5.95. The quantitative estimate of drug-likeness (QED) is 0.866. The Kier molecular flexibility index (Phi) is 5.61. The van der Waals surface area contributed by atoms with Crippen molar-refractivity contribution in [2.75, 3.05) is 6.54 Å². The van der Waals surface area contributed by atoms with Crippen molar-refractivity contribution in [3.8, 4) is 0 Å². The average molecular weight is 342 g/mol. The maximum Gasteiger partial charge on any atom is 0.253 e. The smallest absolute Gasteiger partial charge is 0.253 e. The summed E-state index contributed by atoms with van der Waals surface area (Å²) < 4.78 is 4.30. The maximum absolute atomic E-state index is 12.7. The van der Waals surface area contributed by atoms with Gasteiger partial charge in [0.1, 0.15) is 0 Å². The fraction of sp³-hybridized carbons (Fsp3) is 0.600. The molecule has 0 aliphatic heterocycles. The second-order valence-corrected chi connectivity index (χ2v) is 7.49. The molecule has 136 valence electrons. The molecule has 0 spiro atoms. The van der Waals surface area contributed by atoms with Gasteiger partial charge in [-0.2, -0.15) is 5.10 Å². The fourth-order valence-corrected chi connectivity index (χ4v) is 4.06. The molecule has 1 aliphatic carbocycles. The summed E-state index contributed by atoms with van der Waals surface area (Å²) in [4.78, 5) is 12.7. The number of hydrogen-bond donors (Lipinski definition) is 1. The third-order valence-corrected chi connectivity index (χ3v) is 5.34. The first-order valence-corrected chi connectivity index (χ1v) is 9.50. The van der Waals surface area contributed by atoms with Crippen LogP contribution in [-0.2, 0) is 6.54 Å². The zero-order chi connectivity index (χ0) is 17.8. The number of carbonyl (C=O) groups excluding carboxylic acids is 1. The highest BCUT2D eigenvalue weighted by Gasteiger charge is 2.22. The SMILES string of the molecule is Cc1cc(C(=O)NCC(C)Cn2cccn2)c(C)n1C1CCCCC1. The van der Waals surface area contributed by atoms with E-state index in [1.54, 1.807) is 6.20 Å². The molecule has 2 aromatic heterocycles. The molecule has 1 aliphatic rings. The fourth-order valence-electron chi connectivity index (χ4n) is 4.06. The molecule has 1 fully saturated rings. The summed E-state index contributed by atoms with van der Waals surface area (Å²) in [5, 5.41) is 7.32. The molecular formula is C20H30N4O. The van der Waals surface area contributed by atoms with Crippen LogP contribution in [0.25, 0.3) is 0 Å². The zero-order valence-corrected chi connectivity index (χ0v) is 15.7. The standard InChI is InChI=1S/C20H30N4O/c1-15(14-23-11-7-10-22-23)13-21-20(25)19-12-16(2)24(17(19)3)18-8-5-4-6-9-18/h7,10-12,15,18H,4-6,8-9,13-14H2,1-3H3,(H,21,25). The predicted molar refractivity (Wildman–Crippen MR) is 99.8 cm³/mol. The first-order chi connectivity index (χ1) is 12.1. The van der Waals surface area contributed by atoms with Gasteiger partial charge in [0.25, 0.3) is 5.91 Å². The largest absolute Gasteiger partial charge is 0.352 e. The highest BCUT2D eigenvalue weighted by Crippen LogP contribution is 2.32. The van der Waals surface area contributed by atoms with Gasteiger partial charge in [-0.1, -0.05) is 26.2 Å². The third kappa shape index (κ3) is 4.14. The van der Waals surface area contributed by atoms with Crippen LogP contribution in [0.4, 0.5) is 0 Å². The Balaban J connectivity index is 1.62. The molecule has 0 radical (unpaired) electrons. The Morgan fingerprint density at radius 2 is 2.08 bits per heavy atom. The third-order valence-electron chi connectivity index (χ3n) is 5.34. The summed E-state index contributed by atoms with van der Waals surface area (Å²) in [5.74, 6) is 0.383. The van der Waals surface area contributed by atoms with Crippen LogP contribution in [0.15, 0.2) is 24.5 Å². The summed E-state index contributed by atoms with van der Waals surface area (Å²) in [6.45, 7) is 7.82. The maximum atomic E-state index is 12.7. The number of nitrogens with zero attached hydrogens (tertiary/aromatic N) is 3. The second-order valence-electron chi connectivity index (χ2n) is 7.49. The monoisotopic (exact) mass is 342 g/mol. The molecule has 3 rings (SSSR count). The van der Waals surface area contributed by atoms with Gasteiger partial charge >= 0.3 is 0 Å². The number of nitrogens with one attached hydrogen (secondary N) is 1. The molecule has 1 atom stereocenters. The molecule has 1 unspecified atom stereocenters. The van der Waals surface area contributed by atoms with Crippen molar-refractivity contribution in [1.82, 2.24) is 19.7 Å². The molecule has 25 heavy (non-hydrogen) atoms. The molecule has 5 heteroatoms. The second kappa shape index (κ2) is 7.89. The van der Waals surface area contributed by atoms with E-state index in [4.69, 9.17) is 0 Å². The van der Waals surface area contributed by atoms with Crippen LogP contribution in [0.2, 0.25) is 0 Å². The highest BCUT2D eigenvalue weighted by atomic mass is 16.1. The first-order valence-electron chi connectivity index (χ1n) is 9.50. The average Bonchev–Trinajstić information content (AvgIpc) is 3.21. The van der Waals surface area contributed by atoms with Crippen molar-refractivity contribution < 1.29 is 4.79 Å². The van der Waals surface area contributed by atoms with Crippen molar-refractivity contribution in [1.29, 1.82) is 0 Å². The van der Waals surface area contributed by atoms with Gasteiger partial charge in [-0.05, 0) is 44.7 Å².